The van der Waals surface area contributed by atoms with Crippen molar-refractivity contribution in [2.24, 2.45) is 0 Å². The van der Waals surface area contributed by atoms with Gasteiger partial charge >= 0.3 is 18.4 Å². The Labute approximate surface area is 177 Å². The van der Waals surface area contributed by atoms with Crippen LogP contribution in [0.25, 0.3) is 0 Å². The first-order chi connectivity index (χ1) is 14.4. The topological polar surface area (TPSA) is 64.1 Å². The van der Waals surface area contributed by atoms with Gasteiger partial charge in [-0.1, -0.05) is 11.6 Å². The van der Waals surface area contributed by atoms with Gasteiger partial charge in [0.2, 0.25) is 0 Å². The molecule has 1 aromatic carbocycles. The first-order valence-electron chi connectivity index (χ1n) is 9.16. The number of halogens is 7. The van der Waals surface area contributed by atoms with E-state index in [1.165, 1.54) is 12.4 Å². The highest BCUT2D eigenvalue weighted by molar-refractivity contribution is 6.30. The molecule has 31 heavy (non-hydrogen) atoms. The molecule has 0 atom stereocenters. The van der Waals surface area contributed by atoms with E-state index in [0.29, 0.717) is 42.8 Å². The van der Waals surface area contributed by atoms with Crippen molar-refractivity contribution >= 4 is 17.5 Å². The molecule has 0 unspecified atom stereocenters. The first-order valence-corrected chi connectivity index (χ1v) is 9.54. The summed E-state index contributed by atoms with van der Waals surface area (Å²) in [6.45, 7) is 0. The predicted octanol–water partition coefficient (Wildman–Crippen LogP) is 5.29. The van der Waals surface area contributed by atoms with Crippen LogP contribution >= 0.6 is 11.6 Å². The number of nitrogens with one attached hydrogen (secondary N) is 1. The number of amides is 1. The third kappa shape index (κ3) is 6.22. The number of rotatable bonds is 4. The zero-order valence-electron chi connectivity index (χ0n) is 15.7. The van der Waals surface area contributed by atoms with Crippen molar-refractivity contribution in [1.29, 1.82) is 0 Å². The summed E-state index contributed by atoms with van der Waals surface area (Å²) in [6.07, 6.45) is -5.69. The molecular formula is C19H16ClF6N3O2. The van der Waals surface area contributed by atoms with Crippen molar-refractivity contribution in [2.45, 2.75) is 50.2 Å². The zero-order valence-corrected chi connectivity index (χ0v) is 16.5. The van der Waals surface area contributed by atoms with Crippen molar-refractivity contribution < 1.29 is 35.9 Å². The van der Waals surface area contributed by atoms with E-state index in [4.69, 9.17) is 16.3 Å². The molecule has 12 heteroatoms. The van der Waals surface area contributed by atoms with Crippen molar-refractivity contribution in [2.75, 3.05) is 0 Å². The molecule has 1 fully saturated rings. The van der Waals surface area contributed by atoms with Gasteiger partial charge in [-0.25, -0.2) is 9.97 Å². The van der Waals surface area contributed by atoms with E-state index in [9.17, 15) is 31.1 Å². The maximum Gasteiger partial charge on any atom is 0.416 e. The number of hydrogen-bond acceptors (Lipinski definition) is 4. The summed E-state index contributed by atoms with van der Waals surface area (Å²) in [5, 5.41) is 2.86. The molecule has 1 saturated carbocycles. The second-order valence-electron chi connectivity index (χ2n) is 7.04. The molecule has 1 heterocycles. The summed E-state index contributed by atoms with van der Waals surface area (Å²) in [5.41, 5.74) is -3.77. The van der Waals surface area contributed by atoms with Gasteiger partial charge in [0.05, 0.1) is 28.5 Å². The number of carbonyl (C=O) groups is 1. The summed E-state index contributed by atoms with van der Waals surface area (Å²) >= 11 is 5.70. The molecule has 0 bridgehead atoms. The smallest absolute Gasteiger partial charge is 0.416 e. The molecule has 1 amide bonds. The van der Waals surface area contributed by atoms with Gasteiger partial charge in [0.1, 0.15) is 6.10 Å². The van der Waals surface area contributed by atoms with Gasteiger partial charge in [-0.3, -0.25) is 4.79 Å². The number of nitrogens with zero attached hydrogens (tertiary/aromatic N) is 2. The molecule has 0 aliphatic heterocycles. The number of alkyl halides is 6. The van der Waals surface area contributed by atoms with Crippen LogP contribution in [0.4, 0.5) is 26.3 Å². The molecular weight excluding hydrogens is 452 g/mol. The number of benzene rings is 1. The second-order valence-corrected chi connectivity index (χ2v) is 7.48. The molecule has 168 valence electrons. The summed E-state index contributed by atoms with van der Waals surface area (Å²) in [4.78, 5) is 20.2. The Morgan fingerprint density at radius 3 is 1.94 bits per heavy atom. The van der Waals surface area contributed by atoms with Crippen molar-refractivity contribution in [3.05, 3.63) is 52.3 Å². The molecule has 1 aliphatic rings. The van der Waals surface area contributed by atoms with Gasteiger partial charge in [-0.05, 0) is 43.9 Å². The van der Waals surface area contributed by atoms with Crippen LogP contribution in [0.15, 0.2) is 30.6 Å². The number of carbonyl (C=O) groups excluding carboxylic acids is 1. The highest BCUT2D eigenvalue weighted by atomic mass is 35.5. The van der Waals surface area contributed by atoms with E-state index in [2.05, 4.69) is 15.3 Å². The molecule has 0 spiro atoms. The Morgan fingerprint density at radius 1 is 0.935 bits per heavy atom. The highest BCUT2D eigenvalue weighted by Gasteiger charge is 2.37. The molecule has 1 aliphatic carbocycles. The maximum atomic E-state index is 13.0. The SMILES string of the molecule is O=C(NC1CCC(Oc2ncc(Cl)cn2)CC1)c1cc(C(F)(F)F)cc(C(F)(F)F)c1. The maximum absolute atomic E-state index is 13.0. The van der Waals surface area contributed by atoms with Crippen LogP contribution in [0.5, 0.6) is 6.01 Å². The third-order valence-corrected chi connectivity index (χ3v) is 4.92. The molecule has 1 aromatic heterocycles. The lowest BCUT2D eigenvalue weighted by Gasteiger charge is -2.29. The minimum atomic E-state index is -5.02. The van der Waals surface area contributed by atoms with E-state index in [1.807, 2.05) is 0 Å². The molecule has 3 rings (SSSR count). The standard InChI is InChI=1S/C19H16ClF6N3O2/c20-13-8-27-17(28-9-13)31-15-3-1-14(2-4-15)29-16(30)10-5-11(18(21,22)23)7-12(6-10)19(24,25)26/h5-9,14-15H,1-4H2,(H,29,30). The number of ether oxygens (including phenoxy) is 1. The van der Waals surface area contributed by atoms with Gasteiger partial charge in [-0.15, -0.1) is 0 Å². The largest absolute Gasteiger partial charge is 0.460 e. The normalized spacial score (nSPS) is 19.7. The molecule has 0 saturated heterocycles. The quantitative estimate of drug-likeness (QED) is 0.621. The Balaban J connectivity index is 1.63. The third-order valence-electron chi connectivity index (χ3n) is 4.73. The van der Waals surface area contributed by atoms with Crippen LogP contribution in [-0.4, -0.2) is 28.0 Å². The Bertz CT molecular complexity index is 893. The average molecular weight is 468 g/mol. The lowest BCUT2D eigenvalue weighted by molar-refractivity contribution is -0.143. The van der Waals surface area contributed by atoms with Crippen LogP contribution < -0.4 is 10.1 Å². The summed E-state index contributed by atoms with van der Waals surface area (Å²) in [6, 6.07) is 0.537. The van der Waals surface area contributed by atoms with Gasteiger partial charge < -0.3 is 10.1 Å². The number of aromatic nitrogens is 2. The fraction of sp³-hybridized carbons (Fsp3) is 0.421. The van der Waals surface area contributed by atoms with Gasteiger partial charge in [-0.2, -0.15) is 26.3 Å². The van der Waals surface area contributed by atoms with Crippen molar-refractivity contribution in [3.63, 3.8) is 0 Å². The predicted molar refractivity (Wildman–Crippen MR) is 97.6 cm³/mol. The Morgan fingerprint density at radius 2 is 1.45 bits per heavy atom. The minimum Gasteiger partial charge on any atom is -0.460 e. The van der Waals surface area contributed by atoms with E-state index in [0.717, 1.165) is 0 Å². The van der Waals surface area contributed by atoms with Crippen molar-refractivity contribution in [3.8, 4) is 6.01 Å². The van der Waals surface area contributed by atoms with Crippen molar-refractivity contribution in [1.82, 2.24) is 15.3 Å². The van der Waals surface area contributed by atoms with Crippen LogP contribution in [0, 0.1) is 0 Å². The van der Waals surface area contributed by atoms with E-state index < -0.39 is 41.0 Å². The second kappa shape index (κ2) is 8.89. The van der Waals surface area contributed by atoms with Crippen LogP contribution in [0.3, 0.4) is 0 Å². The zero-order chi connectivity index (χ0) is 22.8. The van der Waals surface area contributed by atoms with Crippen LogP contribution in [0.2, 0.25) is 5.02 Å². The lowest BCUT2D eigenvalue weighted by Crippen LogP contribution is -2.40. The van der Waals surface area contributed by atoms with Crippen LogP contribution in [0.1, 0.15) is 47.2 Å². The van der Waals surface area contributed by atoms with E-state index >= 15 is 0 Å². The van der Waals surface area contributed by atoms with Gasteiger partial charge in [0, 0.05) is 11.6 Å². The van der Waals surface area contributed by atoms with E-state index in [1.54, 1.807) is 0 Å². The Kier molecular flexibility index (Phi) is 6.63. The molecule has 0 radical (unpaired) electrons. The van der Waals surface area contributed by atoms with Crippen LogP contribution in [-0.2, 0) is 12.4 Å². The fourth-order valence-electron chi connectivity index (χ4n) is 3.19. The molecule has 2 aromatic rings. The summed E-state index contributed by atoms with van der Waals surface area (Å²) < 4.78 is 83.4. The average Bonchev–Trinajstić information content (AvgIpc) is 2.69. The minimum absolute atomic E-state index is 0.0157. The van der Waals surface area contributed by atoms with Gasteiger partial charge in [0.15, 0.2) is 0 Å². The molecule has 5 nitrogen and oxygen atoms in total. The monoisotopic (exact) mass is 467 g/mol. The lowest BCUT2D eigenvalue weighted by atomic mass is 9.92. The van der Waals surface area contributed by atoms with Gasteiger partial charge in [0.25, 0.3) is 5.91 Å². The summed E-state index contributed by atoms with van der Waals surface area (Å²) in [7, 11) is 0. The highest BCUT2D eigenvalue weighted by Crippen LogP contribution is 2.36. The first kappa shape index (κ1) is 23.1. The fourth-order valence-corrected chi connectivity index (χ4v) is 3.29. The number of hydrogen-bond donors (Lipinski definition) is 1. The Hall–Kier alpha value is -2.56. The molecule has 1 N–H and O–H groups in total. The van der Waals surface area contributed by atoms with E-state index in [-0.39, 0.29) is 18.2 Å². The summed E-state index contributed by atoms with van der Waals surface area (Å²) in [5.74, 6) is -0.998.